The van der Waals surface area contributed by atoms with Gasteiger partial charge in [-0.05, 0) is 69.4 Å². The number of hydrogen-bond acceptors (Lipinski definition) is 3. The van der Waals surface area contributed by atoms with Gasteiger partial charge in [-0.25, -0.2) is 0 Å². The summed E-state index contributed by atoms with van der Waals surface area (Å²) in [6, 6.07) is 31.4. The summed E-state index contributed by atoms with van der Waals surface area (Å²) in [5, 5.41) is 4.52. The maximum Gasteiger partial charge on any atom is 0.417 e. The van der Waals surface area contributed by atoms with E-state index in [-0.39, 0.29) is 11.3 Å². The molecule has 0 aromatic heterocycles. The molecule has 3 nitrogen and oxygen atoms in total. The molecule has 1 aliphatic heterocycles. The minimum absolute atomic E-state index is 0.00748. The number of alkyl halides is 3. The largest absolute Gasteiger partial charge is 0.497 e. The van der Waals surface area contributed by atoms with Crippen LogP contribution in [0.2, 0.25) is 0 Å². The Balaban J connectivity index is 1.61. The molecule has 0 spiro atoms. The summed E-state index contributed by atoms with van der Waals surface area (Å²) in [6.45, 7) is 0. The van der Waals surface area contributed by atoms with Crippen LogP contribution in [0.1, 0.15) is 22.3 Å². The predicted molar refractivity (Wildman–Crippen MR) is 160 cm³/mol. The van der Waals surface area contributed by atoms with Crippen LogP contribution in [0.25, 0.3) is 38.4 Å². The van der Waals surface area contributed by atoms with E-state index in [2.05, 4.69) is 0 Å². The Bertz CT molecular complexity index is 1960. The molecule has 1 aliphatic rings. The van der Waals surface area contributed by atoms with E-state index in [1.807, 2.05) is 97.1 Å². The van der Waals surface area contributed by atoms with Gasteiger partial charge in [0, 0.05) is 22.1 Å². The molecule has 7 rings (SSSR count). The summed E-state index contributed by atoms with van der Waals surface area (Å²) in [5.74, 6) is 1.51. The maximum absolute atomic E-state index is 14.7. The van der Waals surface area contributed by atoms with E-state index in [0.717, 1.165) is 32.7 Å². The van der Waals surface area contributed by atoms with Crippen LogP contribution in [-0.2, 0) is 11.8 Å². The third kappa shape index (κ3) is 3.90. The first-order chi connectivity index (χ1) is 20.3. The van der Waals surface area contributed by atoms with Gasteiger partial charge in [-0.1, -0.05) is 72.8 Å². The zero-order valence-corrected chi connectivity index (χ0v) is 22.8. The summed E-state index contributed by atoms with van der Waals surface area (Å²) < 4.78 is 61.9. The fourth-order valence-electron chi connectivity index (χ4n) is 6.10. The van der Waals surface area contributed by atoms with Gasteiger partial charge >= 0.3 is 6.18 Å². The van der Waals surface area contributed by atoms with Crippen molar-refractivity contribution >= 4 is 38.4 Å². The number of hydrogen-bond donors (Lipinski definition) is 0. The van der Waals surface area contributed by atoms with E-state index >= 15 is 0 Å². The Morgan fingerprint density at radius 3 is 1.60 bits per heavy atom. The Morgan fingerprint density at radius 1 is 0.619 bits per heavy atom. The minimum Gasteiger partial charge on any atom is -0.497 e. The fourth-order valence-corrected chi connectivity index (χ4v) is 6.10. The van der Waals surface area contributed by atoms with Crippen LogP contribution in [0.3, 0.4) is 0 Å². The lowest BCUT2D eigenvalue weighted by atomic mass is 9.81. The van der Waals surface area contributed by atoms with E-state index in [4.69, 9.17) is 14.2 Å². The van der Waals surface area contributed by atoms with Crippen molar-refractivity contribution in [2.24, 2.45) is 0 Å². The Labute approximate surface area is 240 Å². The minimum atomic E-state index is -4.60. The molecule has 1 heterocycles. The highest BCUT2D eigenvalue weighted by Crippen LogP contribution is 2.52. The third-order valence-electron chi connectivity index (χ3n) is 8.11. The monoisotopic (exact) mass is 562 g/mol. The van der Waals surface area contributed by atoms with Gasteiger partial charge in [0.1, 0.15) is 17.2 Å². The highest BCUT2D eigenvalue weighted by molar-refractivity contribution is 6.27. The number of ether oxygens (including phenoxy) is 3. The van der Waals surface area contributed by atoms with Gasteiger partial charge in [0.2, 0.25) is 0 Å². The molecule has 42 heavy (non-hydrogen) atoms. The van der Waals surface area contributed by atoms with Crippen molar-refractivity contribution in [3.63, 3.8) is 0 Å². The molecule has 0 bridgehead atoms. The van der Waals surface area contributed by atoms with Crippen LogP contribution < -0.4 is 14.2 Å². The van der Waals surface area contributed by atoms with E-state index in [1.54, 1.807) is 26.4 Å². The molecular formula is C36H25F3O3. The predicted octanol–water partition coefficient (Wildman–Crippen LogP) is 9.53. The molecule has 0 radical (unpaired) electrons. The van der Waals surface area contributed by atoms with Crippen LogP contribution in [0.5, 0.6) is 17.2 Å². The normalized spacial score (nSPS) is 14.1. The topological polar surface area (TPSA) is 27.7 Å². The fraction of sp³-hybridized carbons (Fsp3) is 0.111. The summed E-state index contributed by atoms with van der Waals surface area (Å²) in [5.41, 5.74) is -0.472. The first kappa shape index (κ1) is 26.0. The second kappa shape index (κ2) is 9.55. The second-order valence-electron chi connectivity index (χ2n) is 10.3. The molecule has 6 aromatic rings. The molecule has 0 N–H and O–H groups in total. The van der Waals surface area contributed by atoms with Crippen LogP contribution in [0.4, 0.5) is 13.2 Å². The van der Waals surface area contributed by atoms with Crippen LogP contribution >= 0.6 is 0 Å². The first-order valence-electron chi connectivity index (χ1n) is 13.5. The quantitative estimate of drug-likeness (QED) is 0.200. The number of benzene rings is 6. The zero-order chi connectivity index (χ0) is 29.1. The molecule has 6 heteroatoms. The highest BCUT2D eigenvalue weighted by atomic mass is 19.4. The van der Waals surface area contributed by atoms with E-state index in [9.17, 15) is 13.2 Å². The molecule has 0 aliphatic carbocycles. The summed E-state index contributed by atoms with van der Waals surface area (Å²) in [6.07, 6.45) is -1.33. The van der Waals surface area contributed by atoms with Crippen molar-refractivity contribution in [2.45, 2.75) is 11.8 Å². The number of methoxy groups -OCH3 is 2. The van der Waals surface area contributed by atoms with E-state index in [1.165, 1.54) is 6.07 Å². The smallest absolute Gasteiger partial charge is 0.417 e. The molecule has 0 saturated heterocycles. The molecule has 0 fully saturated rings. The van der Waals surface area contributed by atoms with Gasteiger partial charge in [0.25, 0.3) is 0 Å². The van der Waals surface area contributed by atoms with Gasteiger partial charge in [-0.2, -0.15) is 13.2 Å². The van der Waals surface area contributed by atoms with Gasteiger partial charge in [0.15, 0.2) is 5.60 Å². The molecular weight excluding hydrogens is 537 g/mol. The summed E-state index contributed by atoms with van der Waals surface area (Å²) >= 11 is 0. The van der Waals surface area contributed by atoms with E-state index < -0.39 is 17.3 Å². The number of rotatable bonds is 4. The first-order valence-corrected chi connectivity index (χ1v) is 13.5. The summed E-state index contributed by atoms with van der Waals surface area (Å²) in [4.78, 5) is 0. The van der Waals surface area contributed by atoms with Crippen LogP contribution in [0, 0.1) is 0 Å². The second-order valence-corrected chi connectivity index (χ2v) is 10.3. The molecule has 6 aromatic carbocycles. The van der Waals surface area contributed by atoms with Crippen molar-refractivity contribution in [1.82, 2.24) is 0 Å². The van der Waals surface area contributed by atoms with Crippen molar-refractivity contribution in [3.05, 3.63) is 131 Å². The van der Waals surface area contributed by atoms with Gasteiger partial charge in [-0.3, -0.25) is 0 Å². The third-order valence-corrected chi connectivity index (χ3v) is 8.11. The van der Waals surface area contributed by atoms with Crippen molar-refractivity contribution in [2.75, 3.05) is 14.2 Å². The average Bonchev–Trinajstić information content (AvgIpc) is 3.03. The highest BCUT2D eigenvalue weighted by Gasteiger charge is 2.42. The molecule has 0 saturated carbocycles. The number of halogens is 3. The van der Waals surface area contributed by atoms with Crippen LogP contribution in [0.15, 0.2) is 109 Å². The Hall–Kier alpha value is -4.97. The van der Waals surface area contributed by atoms with Crippen molar-refractivity contribution in [3.8, 4) is 17.2 Å². The van der Waals surface area contributed by atoms with Crippen LogP contribution in [-0.4, -0.2) is 14.2 Å². The van der Waals surface area contributed by atoms with E-state index in [0.29, 0.717) is 22.3 Å². The van der Waals surface area contributed by atoms with Gasteiger partial charge < -0.3 is 14.2 Å². The Morgan fingerprint density at radius 2 is 1.10 bits per heavy atom. The molecule has 0 atom stereocenters. The standard InChI is InChI=1S/C36H25F3O3/c1-40-24-15-11-22(12-16-24)35(23-13-17-25(41-2)18-14-23)20-19-30-32(36(37,38)39)21-31-28-9-4-3-7-26(28)27-8-5-6-10-29(27)33(31)34(30)42-35/h3-21H,1-2H3. The van der Waals surface area contributed by atoms with Gasteiger partial charge in [-0.15, -0.1) is 0 Å². The zero-order valence-electron chi connectivity index (χ0n) is 22.8. The average molecular weight is 563 g/mol. The lowest BCUT2D eigenvalue weighted by Gasteiger charge is -2.37. The molecule has 0 amide bonds. The Kier molecular flexibility index (Phi) is 5.91. The molecule has 0 unspecified atom stereocenters. The lowest BCUT2D eigenvalue weighted by molar-refractivity contribution is -0.137. The maximum atomic E-state index is 14.7. The van der Waals surface area contributed by atoms with Crippen molar-refractivity contribution < 1.29 is 27.4 Å². The lowest BCUT2D eigenvalue weighted by Crippen LogP contribution is -2.34. The molecule has 208 valence electrons. The van der Waals surface area contributed by atoms with Gasteiger partial charge in [0.05, 0.1) is 19.8 Å². The van der Waals surface area contributed by atoms with Crippen molar-refractivity contribution in [1.29, 1.82) is 0 Å². The summed E-state index contributed by atoms with van der Waals surface area (Å²) in [7, 11) is 3.17. The number of fused-ring (bicyclic) bond motifs is 8. The SMILES string of the molecule is COc1ccc(C2(c3ccc(OC)cc3)C=Cc3c(C(F)(F)F)cc4c5ccccc5c5ccccc5c4c3O2)cc1.